The number of anilines is 1. The first-order valence-electron chi connectivity index (χ1n) is 6.70. The Hall–Kier alpha value is -1.66. The highest BCUT2D eigenvalue weighted by Gasteiger charge is 2.26. The van der Waals surface area contributed by atoms with Gasteiger partial charge >= 0.3 is 0 Å². The molecule has 2 rings (SSSR count). The molecule has 1 saturated carbocycles. The van der Waals surface area contributed by atoms with Crippen molar-refractivity contribution >= 4 is 5.69 Å². The molecule has 0 unspecified atom stereocenters. The third kappa shape index (κ3) is 3.21. The van der Waals surface area contributed by atoms with Crippen LogP contribution in [-0.2, 0) is 0 Å². The second-order valence-electron chi connectivity index (χ2n) is 5.10. The molecule has 1 fully saturated rings. The summed E-state index contributed by atoms with van der Waals surface area (Å²) >= 11 is 0. The summed E-state index contributed by atoms with van der Waals surface area (Å²) in [6.45, 7) is 3.27. The van der Waals surface area contributed by atoms with Crippen LogP contribution in [0.25, 0.3) is 0 Å². The second kappa shape index (κ2) is 5.99. The Morgan fingerprint density at radius 2 is 2.26 bits per heavy atom. The van der Waals surface area contributed by atoms with E-state index in [0.29, 0.717) is 12.3 Å². The Balaban J connectivity index is 2.36. The monoisotopic (exact) mass is 259 g/mol. The molecule has 0 heterocycles. The van der Waals surface area contributed by atoms with E-state index in [-0.39, 0.29) is 0 Å². The molecule has 102 valence electrons. The first-order chi connectivity index (χ1) is 9.17. The molecule has 0 amide bonds. The highest BCUT2D eigenvalue weighted by atomic mass is 16.5. The third-order valence-electron chi connectivity index (χ3n) is 3.48. The molecule has 0 bridgehead atoms. The van der Waals surface area contributed by atoms with Crippen LogP contribution in [0.1, 0.15) is 31.4 Å². The van der Waals surface area contributed by atoms with Crippen molar-refractivity contribution in [1.82, 2.24) is 0 Å². The van der Waals surface area contributed by atoms with E-state index in [1.165, 1.54) is 12.8 Å². The summed E-state index contributed by atoms with van der Waals surface area (Å²) < 4.78 is 5.36. The van der Waals surface area contributed by atoms with Crippen LogP contribution in [0.4, 0.5) is 5.69 Å². The number of methoxy groups -OCH3 is 1. The predicted molar refractivity (Wildman–Crippen MR) is 77.4 cm³/mol. The van der Waals surface area contributed by atoms with E-state index in [1.54, 1.807) is 14.0 Å². The molecule has 0 aliphatic heterocycles. The fraction of sp³-hybridized carbons (Fsp3) is 0.500. The number of rotatable bonds is 6. The number of hydrogen-bond acceptors (Lipinski definition) is 3. The van der Waals surface area contributed by atoms with Gasteiger partial charge in [0.25, 0.3) is 0 Å². The minimum absolute atomic E-state index is 0.559. The predicted octanol–water partition coefficient (Wildman–Crippen LogP) is 2.60. The largest absolute Gasteiger partial charge is 0.496 e. The smallest absolute Gasteiger partial charge is 0.126 e. The lowest BCUT2D eigenvalue weighted by molar-refractivity contribution is 0.194. The first-order valence-corrected chi connectivity index (χ1v) is 6.70. The molecule has 3 heteroatoms. The quantitative estimate of drug-likeness (QED) is 0.797. The second-order valence-corrected chi connectivity index (χ2v) is 5.10. The molecule has 1 aromatic carbocycles. The van der Waals surface area contributed by atoms with Gasteiger partial charge in [0, 0.05) is 17.8 Å². The van der Waals surface area contributed by atoms with Gasteiger partial charge in [-0.25, -0.2) is 0 Å². The van der Waals surface area contributed by atoms with Gasteiger partial charge in [-0.15, -0.1) is 6.42 Å². The van der Waals surface area contributed by atoms with Crippen LogP contribution in [0.15, 0.2) is 18.2 Å². The highest BCUT2D eigenvalue weighted by Crippen LogP contribution is 2.37. The Kier molecular flexibility index (Phi) is 4.34. The maximum Gasteiger partial charge on any atom is 0.126 e. The Labute approximate surface area is 115 Å². The fourth-order valence-corrected chi connectivity index (χ4v) is 2.38. The summed E-state index contributed by atoms with van der Waals surface area (Å²) in [5, 5.41) is 10.0. The summed E-state index contributed by atoms with van der Waals surface area (Å²) in [5.41, 5.74) is 1.81. The minimum atomic E-state index is -0.578. The molecule has 1 aliphatic carbocycles. The zero-order valence-electron chi connectivity index (χ0n) is 11.6. The summed E-state index contributed by atoms with van der Waals surface area (Å²) in [7, 11) is 1.62. The summed E-state index contributed by atoms with van der Waals surface area (Å²) in [6.07, 6.45) is 7.44. The Morgan fingerprint density at radius 1 is 1.53 bits per heavy atom. The van der Waals surface area contributed by atoms with E-state index in [9.17, 15) is 5.11 Å². The molecule has 0 radical (unpaired) electrons. The van der Waals surface area contributed by atoms with E-state index in [4.69, 9.17) is 11.2 Å². The molecule has 0 saturated heterocycles. The van der Waals surface area contributed by atoms with Crippen molar-refractivity contribution in [3.63, 3.8) is 0 Å². The number of ether oxygens (including phenoxy) is 1. The Morgan fingerprint density at radius 3 is 2.79 bits per heavy atom. The maximum absolute atomic E-state index is 10.0. The summed E-state index contributed by atoms with van der Waals surface area (Å²) in [4.78, 5) is 2.17. The van der Waals surface area contributed by atoms with Crippen molar-refractivity contribution < 1.29 is 9.84 Å². The number of nitrogens with zero attached hydrogens (tertiary/aromatic N) is 1. The number of aliphatic hydroxyl groups is 1. The molecule has 19 heavy (non-hydrogen) atoms. The molecular weight excluding hydrogens is 238 g/mol. The van der Waals surface area contributed by atoms with Crippen LogP contribution in [0, 0.1) is 18.3 Å². The van der Waals surface area contributed by atoms with Crippen molar-refractivity contribution in [2.45, 2.75) is 25.9 Å². The van der Waals surface area contributed by atoms with E-state index in [2.05, 4.69) is 10.8 Å². The lowest BCUT2D eigenvalue weighted by Gasteiger charge is -2.27. The van der Waals surface area contributed by atoms with Crippen LogP contribution in [0.5, 0.6) is 5.75 Å². The summed E-state index contributed by atoms with van der Waals surface area (Å²) in [5.74, 6) is 4.16. The molecule has 0 aromatic heterocycles. The van der Waals surface area contributed by atoms with Crippen LogP contribution in [0.3, 0.4) is 0 Å². The van der Waals surface area contributed by atoms with Crippen LogP contribution < -0.4 is 9.64 Å². The number of hydrogen-bond donors (Lipinski definition) is 1. The highest BCUT2D eigenvalue weighted by molar-refractivity contribution is 5.61. The number of benzene rings is 1. The van der Waals surface area contributed by atoms with Crippen molar-refractivity contribution in [2.75, 3.05) is 25.1 Å². The lowest BCUT2D eigenvalue weighted by Crippen LogP contribution is -2.27. The average Bonchev–Trinajstić information content (AvgIpc) is 3.21. The van der Waals surface area contributed by atoms with Gasteiger partial charge in [-0.1, -0.05) is 12.0 Å². The van der Waals surface area contributed by atoms with Crippen LogP contribution >= 0.6 is 0 Å². The first kappa shape index (κ1) is 13.8. The van der Waals surface area contributed by atoms with Gasteiger partial charge in [-0.05, 0) is 37.8 Å². The van der Waals surface area contributed by atoms with Crippen LogP contribution in [-0.4, -0.2) is 25.3 Å². The van der Waals surface area contributed by atoms with Crippen molar-refractivity contribution in [3.05, 3.63) is 23.8 Å². The van der Waals surface area contributed by atoms with Gasteiger partial charge in [0.05, 0.1) is 19.8 Å². The minimum Gasteiger partial charge on any atom is -0.496 e. The van der Waals surface area contributed by atoms with Gasteiger partial charge in [0.15, 0.2) is 0 Å². The Bertz CT molecular complexity index is 472. The van der Waals surface area contributed by atoms with Gasteiger partial charge in [-0.2, -0.15) is 0 Å². The standard InChI is InChI=1S/C16H21NO2/c1-4-10-17(11-13-8-9-13)14-6-5-7-15(19-3)16(14)12(2)18/h1,5-7,12-13,18H,8-11H2,2-3H3/t12-/m1/s1. The lowest BCUT2D eigenvalue weighted by atomic mass is 10.1. The average molecular weight is 259 g/mol. The zero-order chi connectivity index (χ0) is 13.8. The molecule has 3 nitrogen and oxygen atoms in total. The van der Waals surface area contributed by atoms with Crippen molar-refractivity contribution in [3.8, 4) is 18.1 Å². The van der Waals surface area contributed by atoms with E-state index < -0.39 is 6.10 Å². The van der Waals surface area contributed by atoms with Crippen molar-refractivity contribution in [1.29, 1.82) is 0 Å². The number of aliphatic hydroxyl groups excluding tert-OH is 1. The fourth-order valence-electron chi connectivity index (χ4n) is 2.38. The molecular formula is C16H21NO2. The molecule has 1 N–H and O–H groups in total. The van der Waals surface area contributed by atoms with Gasteiger partial charge in [0.2, 0.25) is 0 Å². The molecule has 1 aromatic rings. The van der Waals surface area contributed by atoms with Gasteiger partial charge in [0.1, 0.15) is 5.75 Å². The molecule has 0 spiro atoms. The van der Waals surface area contributed by atoms with Crippen molar-refractivity contribution in [2.24, 2.45) is 5.92 Å². The maximum atomic E-state index is 10.0. The molecule has 1 atom stereocenters. The van der Waals surface area contributed by atoms with E-state index in [0.717, 1.165) is 23.7 Å². The normalized spacial score (nSPS) is 15.7. The van der Waals surface area contributed by atoms with Gasteiger partial charge < -0.3 is 14.7 Å². The number of terminal acetylenes is 1. The third-order valence-corrected chi connectivity index (χ3v) is 3.48. The van der Waals surface area contributed by atoms with Crippen LogP contribution in [0.2, 0.25) is 0 Å². The summed E-state index contributed by atoms with van der Waals surface area (Å²) in [6, 6.07) is 5.82. The SMILES string of the molecule is C#CCN(CC1CC1)c1cccc(OC)c1[C@@H](C)O. The topological polar surface area (TPSA) is 32.7 Å². The van der Waals surface area contributed by atoms with E-state index >= 15 is 0 Å². The van der Waals surface area contributed by atoms with Gasteiger partial charge in [-0.3, -0.25) is 0 Å². The van der Waals surface area contributed by atoms with E-state index in [1.807, 2.05) is 18.2 Å². The zero-order valence-corrected chi connectivity index (χ0v) is 11.6. The molecule has 1 aliphatic rings.